The SMILES string of the molecule is Cc1ccc(O)c(OC(=O)c2ccc(N3C(=O)C4CC5C(=O)N(C)C(=O)C5CC4C3=O)cc2)c1. The van der Waals surface area contributed by atoms with Gasteiger partial charge in [0.1, 0.15) is 0 Å². The van der Waals surface area contributed by atoms with Gasteiger partial charge < -0.3 is 9.84 Å². The maximum Gasteiger partial charge on any atom is 0.343 e. The van der Waals surface area contributed by atoms with Crippen LogP contribution in [0.5, 0.6) is 11.5 Å². The molecule has 9 heteroatoms. The lowest BCUT2D eigenvalue weighted by molar-refractivity contribution is -0.138. The van der Waals surface area contributed by atoms with Gasteiger partial charge in [-0.3, -0.25) is 29.0 Å². The zero-order valence-corrected chi connectivity index (χ0v) is 18.6. The number of benzene rings is 2. The Balaban J connectivity index is 1.34. The molecule has 3 fully saturated rings. The summed E-state index contributed by atoms with van der Waals surface area (Å²) in [6.07, 6.45) is 0.353. The van der Waals surface area contributed by atoms with Crippen molar-refractivity contribution in [1.82, 2.24) is 4.90 Å². The van der Waals surface area contributed by atoms with Gasteiger partial charge in [-0.25, -0.2) is 4.79 Å². The first-order valence-electron chi connectivity index (χ1n) is 11.0. The molecule has 5 rings (SSSR count). The molecule has 4 unspecified atom stereocenters. The number of phenolic OH excluding ortho intramolecular Hbond substituents is 1. The zero-order valence-electron chi connectivity index (χ0n) is 18.6. The molecule has 4 amide bonds. The third-order valence-electron chi connectivity index (χ3n) is 7.04. The minimum Gasteiger partial charge on any atom is -0.504 e. The van der Waals surface area contributed by atoms with Gasteiger partial charge in [0.2, 0.25) is 23.6 Å². The summed E-state index contributed by atoms with van der Waals surface area (Å²) >= 11 is 0. The molecule has 1 N–H and O–H groups in total. The van der Waals surface area contributed by atoms with Crippen LogP contribution in [-0.2, 0) is 19.2 Å². The highest BCUT2D eigenvalue weighted by Gasteiger charge is 2.59. The van der Waals surface area contributed by atoms with Crippen LogP contribution >= 0.6 is 0 Å². The Kier molecular flexibility index (Phi) is 5.00. The molecule has 174 valence electrons. The largest absolute Gasteiger partial charge is 0.504 e. The maximum absolute atomic E-state index is 13.1. The molecule has 2 aromatic carbocycles. The van der Waals surface area contributed by atoms with Gasteiger partial charge in [0.25, 0.3) is 0 Å². The molecule has 0 radical (unpaired) electrons. The standard InChI is InChI=1S/C25H22N2O7/c1-12-3-8-19(28)20(9-12)34-25(33)13-4-6-14(7-5-13)27-23(31)17-10-15-16(11-18(17)24(27)32)22(30)26(2)21(15)29/h3-9,15-18,28H,10-11H2,1-2H3. The van der Waals surface area contributed by atoms with Gasteiger partial charge in [-0.2, -0.15) is 0 Å². The van der Waals surface area contributed by atoms with Crippen molar-refractivity contribution in [3.8, 4) is 11.5 Å². The number of ether oxygens (including phenoxy) is 1. The molecule has 34 heavy (non-hydrogen) atoms. The average Bonchev–Trinajstić information content (AvgIpc) is 3.19. The lowest BCUT2D eigenvalue weighted by Crippen LogP contribution is -2.35. The number of carbonyl (C=O) groups is 5. The van der Waals surface area contributed by atoms with Crippen molar-refractivity contribution < 1.29 is 33.8 Å². The van der Waals surface area contributed by atoms with Crippen LogP contribution in [0.2, 0.25) is 0 Å². The molecule has 2 heterocycles. The molecule has 0 aromatic heterocycles. The van der Waals surface area contributed by atoms with E-state index in [-0.39, 0.29) is 41.7 Å². The van der Waals surface area contributed by atoms with E-state index in [1.54, 1.807) is 13.0 Å². The van der Waals surface area contributed by atoms with Crippen molar-refractivity contribution in [3.63, 3.8) is 0 Å². The highest BCUT2D eigenvalue weighted by molar-refractivity contribution is 6.22. The van der Waals surface area contributed by atoms with Gasteiger partial charge in [0, 0.05) is 7.05 Å². The molecular weight excluding hydrogens is 440 g/mol. The van der Waals surface area contributed by atoms with Crippen LogP contribution in [0.1, 0.15) is 28.8 Å². The van der Waals surface area contributed by atoms with Crippen molar-refractivity contribution in [2.45, 2.75) is 19.8 Å². The van der Waals surface area contributed by atoms with Gasteiger partial charge in [-0.1, -0.05) is 6.07 Å². The molecule has 2 aromatic rings. The van der Waals surface area contributed by atoms with E-state index in [0.29, 0.717) is 5.69 Å². The number of fused-ring (bicyclic) bond motifs is 2. The molecule has 2 aliphatic heterocycles. The predicted octanol–water partition coefficient (Wildman–Crippen LogP) is 2.05. The van der Waals surface area contributed by atoms with Crippen LogP contribution < -0.4 is 9.64 Å². The topological polar surface area (TPSA) is 121 Å². The van der Waals surface area contributed by atoms with E-state index in [1.165, 1.54) is 43.4 Å². The average molecular weight is 462 g/mol. The second-order valence-electron chi connectivity index (χ2n) is 9.05. The van der Waals surface area contributed by atoms with Crippen molar-refractivity contribution in [1.29, 1.82) is 0 Å². The van der Waals surface area contributed by atoms with Gasteiger partial charge >= 0.3 is 5.97 Å². The van der Waals surface area contributed by atoms with E-state index in [9.17, 15) is 29.1 Å². The number of esters is 1. The minimum absolute atomic E-state index is 0.0309. The third kappa shape index (κ3) is 3.27. The molecule has 2 saturated heterocycles. The van der Waals surface area contributed by atoms with Crippen molar-refractivity contribution >= 4 is 35.3 Å². The van der Waals surface area contributed by atoms with Crippen LogP contribution in [0.15, 0.2) is 42.5 Å². The molecule has 0 bridgehead atoms. The summed E-state index contributed by atoms with van der Waals surface area (Å²) in [4.78, 5) is 65.7. The van der Waals surface area contributed by atoms with E-state index < -0.39 is 41.5 Å². The van der Waals surface area contributed by atoms with E-state index >= 15 is 0 Å². The van der Waals surface area contributed by atoms with Gasteiger partial charge in [-0.15, -0.1) is 0 Å². The van der Waals surface area contributed by atoms with Crippen LogP contribution in [0.4, 0.5) is 5.69 Å². The summed E-state index contributed by atoms with van der Waals surface area (Å²) in [5, 5.41) is 9.88. The van der Waals surface area contributed by atoms with Gasteiger partial charge in [-0.05, 0) is 61.7 Å². The number of nitrogens with zero attached hydrogens (tertiary/aromatic N) is 2. The highest BCUT2D eigenvalue weighted by Crippen LogP contribution is 2.48. The van der Waals surface area contributed by atoms with E-state index in [4.69, 9.17) is 4.74 Å². The number of carbonyl (C=O) groups excluding carboxylic acids is 5. The summed E-state index contributed by atoms with van der Waals surface area (Å²) in [5.74, 6) is -4.65. The maximum atomic E-state index is 13.1. The monoisotopic (exact) mass is 462 g/mol. The summed E-state index contributed by atoms with van der Waals surface area (Å²) in [7, 11) is 1.43. The normalized spacial score (nSPS) is 26.1. The smallest absolute Gasteiger partial charge is 0.343 e. The fourth-order valence-corrected chi connectivity index (χ4v) is 5.21. The van der Waals surface area contributed by atoms with E-state index in [1.807, 2.05) is 0 Å². The molecule has 3 aliphatic rings. The Morgan fingerprint density at radius 2 is 1.38 bits per heavy atom. The fraction of sp³-hybridized carbons (Fsp3) is 0.320. The number of hydrogen-bond acceptors (Lipinski definition) is 7. The summed E-state index contributed by atoms with van der Waals surface area (Å²) in [6.45, 7) is 1.80. The number of phenols is 1. The molecular formula is C25H22N2O7. The minimum atomic E-state index is -0.700. The lowest BCUT2D eigenvalue weighted by atomic mass is 9.70. The molecule has 4 atom stereocenters. The van der Waals surface area contributed by atoms with Gasteiger partial charge in [0.05, 0.1) is 34.9 Å². The Labute approximate surface area is 194 Å². The summed E-state index contributed by atoms with van der Waals surface area (Å²) < 4.78 is 5.26. The second-order valence-corrected chi connectivity index (χ2v) is 9.05. The zero-order chi connectivity index (χ0) is 24.3. The Morgan fingerprint density at radius 1 is 0.853 bits per heavy atom. The number of amides is 4. The number of imide groups is 2. The summed E-state index contributed by atoms with van der Waals surface area (Å²) in [5.41, 5.74) is 1.29. The van der Waals surface area contributed by atoms with Gasteiger partial charge in [0.15, 0.2) is 11.5 Å². The van der Waals surface area contributed by atoms with Crippen molar-refractivity contribution in [2.24, 2.45) is 23.7 Å². The van der Waals surface area contributed by atoms with Crippen molar-refractivity contribution in [3.05, 3.63) is 53.6 Å². The van der Waals surface area contributed by atoms with Crippen LogP contribution in [0.25, 0.3) is 0 Å². The first kappa shape index (κ1) is 21.8. The Morgan fingerprint density at radius 3 is 1.94 bits per heavy atom. The molecule has 1 saturated carbocycles. The number of aryl methyl sites for hydroxylation is 1. The van der Waals surface area contributed by atoms with Crippen molar-refractivity contribution in [2.75, 3.05) is 11.9 Å². The molecule has 0 spiro atoms. The molecule has 9 nitrogen and oxygen atoms in total. The summed E-state index contributed by atoms with van der Waals surface area (Å²) in [6, 6.07) is 10.5. The second kappa shape index (κ2) is 7.79. The number of likely N-dealkylation sites (tertiary alicyclic amines) is 1. The predicted molar refractivity (Wildman–Crippen MR) is 118 cm³/mol. The third-order valence-corrected chi connectivity index (χ3v) is 7.04. The Bertz CT molecular complexity index is 1210. The first-order valence-corrected chi connectivity index (χ1v) is 11.0. The van der Waals surface area contributed by atoms with Crippen LogP contribution in [0, 0.1) is 30.6 Å². The number of anilines is 1. The van der Waals surface area contributed by atoms with Crippen LogP contribution in [0.3, 0.4) is 0 Å². The Hall–Kier alpha value is -4.01. The number of hydrogen-bond donors (Lipinski definition) is 1. The van der Waals surface area contributed by atoms with E-state index in [0.717, 1.165) is 15.4 Å². The number of rotatable bonds is 3. The highest BCUT2D eigenvalue weighted by atomic mass is 16.5. The quantitative estimate of drug-likeness (QED) is 0.421. The fourth-order valence-electron chi connectivity index (χ4n) is 5.21. The first-order chi connectivity index (χ1) is 16.2. The van der Waals surface area contributed by atoms with Crippen LogP contribution in [-0.4, -0.2) is 46.7 Å². The number of aromatic hydroxyl groups is 1. The van der Waals surface area contributed by atoms with E-state index in [2.05, 4.69) is 0 Å². The lowest BCUT2D eigenvalue weighted by Gasteiger charge is -2.28. The molecule has 1 aliphatic carbocycles.